The van der Waals surface area contributed by atoms with Crippen molar-refractivity contribution < 1.29 is 4.74 Å². The van der Waals surface area contributed by atoms with E-state index in [1.165, 1.54) is 0 Å². The van der Waals surface area contributed by atoms with Crippen molar-refractivity contribution in [3.05, 3.63) is 0 Å². The fourth-order valence-electron chi connectivity index (χ4n) is 1.33. The molecule has 1 fully saturated rings. The van der Waals surface area contributed by atoms with Crippen molar-refractivity contribution >= 4 is 0 Å². The van der Waals surface area contributed by atoms with Gasteiger partial charge in [-0.25, -0.2) is 0 Å². The van der Waals surface area contributed by atoms with E-state index < -0.39 is 0 Å². The van der Waals surface area contributed by atoms with Crippen LogP contribution in [0.3, 0.4) is 0 Å². The lowest BCUT2D eigenvalue weighted by Crippen LogP contribution is -2.48. The first-order chi connectivity index (χ1) is 5.24. The Balaban J connectivity index is 2.33. The normalized spacial score (nSPS) is 30.3. The molecule has 0 saturated carbocycles. The number of ether oxygens (including phenoxy) is 1. The van der Waals surface area contributed by atoms with Gasteiger partial charge in [-0.05, 0) is 13.5 Å². The van der Waals surface area contributed by atoms with Crippen LogP contribution in [0.25, 0.3) is 0 Å². The lowest BCUT2D eigenvalue weighted by Gasteiger charge is -2.33. The zero-order valence-corrected chi connectivity index (χ0v) is 7.42. The highest BCUT2D eigenvalue weighted by Gasteiger charge is 2.22. The van der Waals surface area contributed by atoms with Crippen molar-refractivity contribution in [1.82, 2.24) is 4.90 Å². The highest BCUT2D eigenvalue weighted by Crippen LogP contribution is 2.07. The number of hydrogen-bond donors (Lipinski definition) is 1. The second-order valence-electron chi connectivity index (χ2n) is 3.24. The summed E-state index contributed by atoms with van der Waals surface area (Å²) in [6.07, 6.45) is 1.25. The predicted octanol–water partition coefficient (Wildman–Crippen LogP) is 0.0543. The molecule has 3 nitrogen and oxygen atoms in total. The van der Waals surface area contributed by atoms with Gasteiger partial charge in [-0.2, -0.15) is 0 Å². The molecule has 3 heteroatoms. The Bertz CT molecular complexity index is 119. The average molecular weight is 158 g/mol. The fraction of sp³-hybridized carbons (Fsp3) is 1.00. The molecule has 1 heterocycles. The molecular weight excluding hydrogens is 140 g/mol. The van der Waals surface area contributed by atoms with Gasteiger partial charge in [0, 0.05) is 19.1 Å². The Morgan fingerprint density at radius 3 is 3.00 bits per heavy atom. The molecule has 2 N–H and O–H groups in total. The zero-order valence-electron chi connectivity index (χ0n) is 7.42. The third-order valence-electron chi connectivity index (χ3n) is 2.25. The molecule has 0 aliphatic carbocycles. The summed E-state index contributed by atoms with van der Waals surface area (Å²) in [6, 6.07) is 0.206. The van der Waals surface area contributed by atoms with Crippen molar-refractivity contribution in [2.75, 3.05) is 26.7 Å². The van der Waals surface area contributed by atoms with Gasteiger partial charge in [-0.3, -0.25) is 0 Å². The minimum Gasteiger partial charge on any atom is -0.374 e. The Kier molecular flexibility index (Phi) is 3.30. The molecule has 2 atom stereocenters. The van der Waals surface area contributed by atoms with Crippen LogP contribution in [0.2, 0.25) is 0 Å². The summed E-state index contributed by atoms with van der Waals surface area (Å²) in [5.41, 5.74) is 5.86. The van der Waals surface area contributed by atoms with Crippen LogP contribution in [-0.4, -0.2) is 43.8 Å². The third-order valence-corrected chi connectivity index (χ3v) is 2.25. The molecule has 1 saturated heterocycles. The maximum absolute atomic E-state index is 5.86. The van der Waals surface area contributed by atoms with Crippen LogP contribution in [0, 0.1) is 0 Å². The number of nitrogens with zero attached hydrogens (tertiary/aromatic N) is 1. The van der Waals surface area contributed by atoms with Crippen molar-refractivity contribution in [3.8, 4) is 0 Å². The summed E-state index contributed by atoms with van der Waals surface area (Å²) in [5.74, 6) is 0. The summed E-state index contributed by atoms with van der Waals surface area (Å²) in [7, 11) is 2.11. The molecule has 0 aromatic rings. The highest BCUT2D eigenvalue weighted by molar-refractivity contribution is 4.77. The zero-order chi connectivity index (χ0) is 8.27. The van der Waals surface area contributed by atoms with Crippen LogP contribution in [0.1, 0.15) is 13.3 Å². The molecule has 1 rings (SSSR count). The second kappa shape index (κ2) is 4.04. The quantitative estimate of drug-likeness (QED) is 0.617. The van der Waals surface area contributed by atoms with Crippen molar-refractivity contribution in [2.45, 2.75) is 25.5 Å². The van der Waals surface area contributed by atoms with Gasteiger partial charge in [0.25, 0.3) is 0 Å². The summed E-state index contributed by atoms with van der Waals surface area (Å²) in [6.45, 7) is 4.94. The van der Waals surface area contributed by atoms with Crippen LogP contribution >= 0.6 is 0 Å². The Labute approximate surface area is 68.5 Å². The highest BCUT2D eigenvalue weighted by atomic mass is 16.5. The lowest BCUT2D eigenvalue weighted by atomic mass is 10.1. The van der Waals surface area contributed by atoms with Crippen LogP contribution in [-0.2, 0) is 4.74 Å². The van der Waals surface area contributed by atoms with Crippen LogP contribution in [0.4, 0.5) is 0 Å². The number of rotatable bonds is 2. The van der Waals surface area contributed by atoms with Gasteiger partial charge in [0.2, 0.25) is 0 Å². The van der Waals surface area contributed by atoms with E-state index in [2.05, 4.69) is 18.9 Å². The van der Waals surface area contributed by atoms with E-state index in [0.717, 1.165) is 26.1 Å². The second-order valence-corrected chi connectivity index (χ2v) is 3.24. The Morgan fingerprint density at radius 2 is 2.45 bits per heavy atom. The first-order valence-electron chi connectivity index (χ1n) is 4.29. The third kappa shape index (κ3) is 2.43. The maximum atomic E-state index is 5.86. The lowest BCUT2D eigenvalue weighted by molar-refractivity contribution is -0.0325. The van der Waals surface area contributed by atoms with Crippen LogP contribution in [0.5, 0.6) is 0 Å². The number of morpholine rings is 1. The van der Waals surface area contributed by atoms with Crippen LogP contribution in [0.15, 0.2) is 0 Å². The van der Waals surface area contributed by atoms with Crippen LogP contribution < -0.4 is 5.73 Å². The molecular formula is C8H18N2O. The van der Waals surface area contributed by atoms with E-state index in [4.69, 9.17) is 10.5 Å². The van der Waals surface area contributed by atoms with E-state index in [0.29, 0.717) is 0 Å². The first-order valence-corrected chi connectivity index (χ1v) is 4.29. The van der Waals surface area contributed by atoms with Gasteiger partial charge < -0.3 is 15.4 Å². The van der Waals surface area contributed by atoms with E-state index in [-0.39, 0.29) is 12.1 Å². The molecule has 66 valence electrons. The minimum atomic E-state index is 0.206. The van der Waals surface area contributed by atoms with Crippen molar-refractivity contribution in [3.63, 3.8) is 0 Å². The molecule has 1 aliphatic heterocycles. The van der Waals surface area contributed by atoms with E-state index >= 15 is 0 Å². The first kappa shape index (κ1) is 8.97. The number of nitrogens with two attached hydrogens (primary N) is 1. The number of likely N-dealkylation sites (N-methyl/N-ethyl adjacent to an activating group) is 1. The maximum Gasteiger partial charge on any atom is 0.0852 e. The topological polar surface area (TPSA) is 38.5 Å². The number of hydrogen-bond acceptors (Lipinski definition) is 3. The van der Waals surface area contributed by atoms with Gasteiger partial charge in [0.15, 0.2) is 0 Å². The smallest absolute Gasteiger partial charge is 0.0852 e. The van der Waals surface area contributed by atoms with Crippen molar-refractivity contribution in [2.24, 2.45) is 5.73 Å². The van der Waals surface area contributed by atoms with Gasteiger partial charge >= 0.3 is 0 Å². The Morgan fingerprint density at radius 1 is 1.73 bits per heavy atom. The van der Waals surface area contributed by atoms with E-state index in [1.807, 2.05) is 0 Å². The summed E-state index contributed by atoms with van der Waals surface area (Å²) in [4.78, 5) is 2.27. The summed E-state index contributed by atoms with van der Waals surface area (Å²) in [5, 5.41) is 0. The summed E-state index contributed by atoms with van der Waals surface area (Å²) >= 11 is 0. The molecule has 0 aromatic carbocycles. The molecule has 1 unspecified atom stereocenters. The molecule has 0 spiro atoms. The molecule has 0 bridgehead atoms. The average Bonchev–Trinajstić information content (AvgIpc) is 2.03. The molecule has 11 heavy (non-hydrogen) atoms. The fourth-order valence-corrected chi connectivity index (χ4v) is 1.33. The van der Waals surface area contributed by atoms with Gasteiger partial charge in [-0.1, -0.05) is 6.92 Å². The molecule has 0 amide bonds. The van der Waals surface area contributed by atoms with E-state index in [9.17, 15) is 0 Å². The molecule has 1 aliphatic rings. The molecule has 0 aromatic heterocycles. The van der Waals surface area contributed by atoms with Gasteiger partial charge in [0.1, 0.15) is 0 Å². The monoisotopic (exact) mass is 158 g/mol. The standard InChI is InChI=1S/C8H18N2O/c1-3-7(9)8-6-10(2)4-5-11-8/h7-8H,3-6,9H2,1-2H3/t7-,8?/m1/s1. The SMILES string of the molecule is CC[C@@H](N)C1CN(C)CCO1. The van der Waals surface area contributed by atoms with Gasteiger partial charge in [0.05, 0.1) is 12.7 Å². The predicted molar refractivity (Wildman–Crippen MR) is 45.5 cm³/mol. The largest absolute Gasteiger partial charge is 0.374 e. The molecule has 0 radical (unpaired) electrons. The minimum absolute atomic E-state index is 0.206. The Hall–Kier alpha value is -0.120. The van der Waals surface area contributed by atoms with E-state index in [1.54, 1.807) is 0 Å². The van der Waals surface area contributed by atoms with Gasteiger partial charge in [-0.15, -0.1) is 0 Å². The van der Waals surface area contributed by atoms with Crippen molar-refractivity contribution in [1.29, 1.82) is 0 Å². The summed E-state index contributed by atoms with van der Waals surface area (Å²) < 4.78 is 5.53.